The van der Waals surface area contributed by atoms with Crippen molar-refractivity contribution in [1.29, 1.82) is 0 Å². The summed E-state index contributed by atoms with van der Waals surface area (Å²) in [6, 6.07) is 0. The summed E-state index contributed by atoms with van der Waals surface area (Å²) in [4.78, 5) is 15.5. The molecule has 17 atom stereocenters. The fourth-order valence-corrected chi connectivity index (χ4v) is 17.0. The third-order valence-corrected chi connectivity index (χ3v) is 19.9. The average Bonchev–Trinajstić information content (AvgIpc) is 3.64. The van der Waals surface area contributed by atoms with Gasteiger partial charge in [0.1, 0.15) is 5.60 Å². The fourth-order valence-electron chi connectivity index (χ4n) is 17.0. The molecule has 2 aliphatic heterocycles. The van der Waals surface area contributed by atoms with Crippen molar-refractivity contribution in [2.24, 2.45) is 58.0 Å². The Morgan fingerprint density at radius 1 is 0.937 bits per heavy atom. The molecule has 63 heavy (non-hydrogen) atoms. The van der Waals surface area contributed by atoms with E-state index in [1.165, 1.54) is 19.3 Å². The maximum absolute atomic E-state index is 15.5. The van der Waals surface area contributed by atoms with Gasteiger partial charge in [0, 0.05) is 24.1 Å². The fraction of sp³-hybridized carbons (Fsp3) is 0.865. The molecule has 0 aromatic heterocycles. The quantitative estimate of drug-likeness (QED) is 0.115. The molecule has 0 aromatic carbocycles. The highest BCUT2D eigenvalue weighted by atomic mass is 16.5. The first-order valence-electron chi connectivity index (χ1n) is 25.9. The number of carbonyl (C=O) groups is 1. The van der Waals surface area contributed by atoms with Gasteiger partial charge < -0.3 is 51.7 Å². The van der Waals surface area contributed by atoms with Crippen molar-refractivity contribution in [2.45, 2.75) is 222 Å². The van der Waals surface area contributed by atoms with Crippen molar-refractivity contribution in [3.63, 3.8) is 0 Å². The molecule has 11 heteroatoms. The molecule has 0 amide bonds. The summed E-state index contributed by atoms with van der Waals surface area (Å²) in [5.74, 6) is -0.165. The standard InChI is InChI=1S/C52H83N3O8/c1-4-10-32-14-17-35-36-13-8-9-23-52(62,47(36)63-41(35)18-15-32)48(3,60)42-22-26-51(61)44-37(21-25-50(42,51)34-11-6-5-7-12-34)49(24-20-33-16-19-43(53)54-30-33)28-40(58)39(57)27-38(49)46(59)45(44)55-29-31(2)56/h16,19,30-32,34-43,47,54-58,60-62H,4-15,17-18,20-29,53H2,1-3H3/t31-,32-,35-,36-,37-,38-,39+,40-,41+,42+,43?,47+,48+,49+,50-,51+,52+/m0/s1. The predicted molar refractivity (Wildman–Crippen MR) is 242 cm³/mol. The van der Waals surface area contributed by atoms with E-state index in [2.05, 4.69) is 17.6 Å². The van der Waals surface area contributed by atoms with Crippen LogP contribution in [-0.4, -0.2) is 96.5 Å². The van der Waals surface area contributed by atoms with Crippen molar-refractivity contribution in [3.8, 4) is 0 Å². The molecule has 0 aromatic rings. The van der Waals surface area contributed by atoms with Crippen LogP contribution in [0.5, 0.6) is 0 Å². The second-order valence-corrected chi connectivity index (χ2v) is 23.0. The first-order valence-corrected chi connectivity index (χ1v) is 25.9. The van der Waals surface area contributed by atoms with Gasteiger partial charge in [-0.15, -0.1) is 0 Å². The average molecular weight is 878 g/mol. The highest BCUT2D eigenvalue weighted by molar-refractivity contribution is 6.00. The van der Waals surface area contributed by atoms with Crippen molar-refractivity contribution in [3.05, 3.63) is 35.2 Å². The highest BCUT2D eigenvalue weighted by Crippen LogP contribution is 2.74. The van der Waals surface area contributed by atoms with Gasteiger partial charge in [0.2, 0.25) is 0 Å². The Balaban J connectivity index is 1.15. The SMILES string of the molecule is CCC[C@H]1CC[C@H]2[C@@H]3CCCC[C@](O)([C@](C)(O)[C@H]4CC[C@@]5(O)C6=C(NC[C@H](C)O)C(=O)[C@@H]7C[C@@H](O)[C@@H](O)C[C@]7(CCC7=CNC(N)C=C7)[C@H]6CC[C@]45C4CCCCC4)[C@@H]3O[C@@H]2CC1. The lowest BCUT2D eigenvalue weighted by Gasteiger charge is -2.66. The predicted octanol–water partition coefficient (Wildman–Crippen LogP) is 6.18. The Morgan fingerprint density at radius 3 is 2.43 bits per heavy atom. The zero-order valence-corrected chi connectivity index (χ0v) is 38.8. The van der Waals surface area contributed by atoms with E-state index in [1.807, 2.05) is 25.3 Å². The van der Waals surface area contributed by atoms with E-state index >= 15 is 4.79 Å². The number of Topliss-reactive ketones (excluding diaryl/α,β-unsaturated/α-hetero) is 1. The number of aliphatic hydroxyl groups is 6. The van der Waals surface area contributed by atoms with Gasteiger partial charge in [-0.1, -0.05) is 64.4 Å². The van der Waals surface area contributed by atoms with Gasteiger partial charge in [0.05, 0.1) is 53.6 Å². The summed E-state index contributed by atoms with van der Waals surface area (Å²) < 4.78 is 7.18. The van der Waals surface area contributed by atoms with Gasteiger partial charge in [-0.2, -0.15) is 0 Å². The van der Waals surface area contributed by atoms with E-state index in [9.17, 15) is 30.6 Å². The number of allylic oxidation sites excluding steroid dienone is 3. The first-order chi connectivity index (χ1) is 30.1. The summed E-state index contributed by atoms with van der Waals surface area (Å²) in [6.45, 7) is 5.99. The number of fused-ring (bicyclic) bond motifs is 8. The van der Waals surface area contributed by atoms with E-state index in [0.717, 1.165) is 82.1 Å². The molecule has 9 rings (SSSR count). The zero-order valence-electron chi connectivity index (χ0n) is 38.8. The summed E-state index contributed by atoms with van der Waals surface area (Å²) in [5.41, 5.74) is 2.01. The number of carbonyl (C=O) groups excluding carboxylic acids is 1. The Bertz CT molecular complexity index is 1780. The molecule has 1 unspecified atom stereocenters. The summed E-state index contributed by atoms with van der Waals surface area (Å²) in [5, 5.41) is 82.0. The van der Waals surface area contributed by atoms with Gasteiger partial charge in [-0.3, -0.25) is 4.79 Å². The van der Waals surface area contributed by atoms with Crippen LogP contribution in [0.4, 0.5) is 0 Å². The van der Waals surface area contributed by atoms with Crippen LogP contribution < -0.4 is 16.4 Å². The van der Waals surface area contributed by atoms with E-state index in [-0.39, 0.29) is 55.2 Å². The molecular formula is C52H83N3O8. The number of aliphatic hydroxyl groups excluding tert-OH is 3. The van der Waals surface area contributed by atoms with Crippen LogP contribution in [-0.2, 0) is 9.53 Å². The Labute approximate surface area is 377 Å². The number of ketones is 1. The number of rotatable bonds is 11. The van der Waals surface area contributed by atoms with E-state index in [0.29, 0.717) is 62.1 Å². The van der Waals surface area contributed by atoms with Crippen molar-refractivity contribution in [1.82, 2.24) is 10.6 Å². The van der Waals surface area contributed by atoms with Gasteiger partial charge in [-0.25, -0.2) is 0 Å². The largest absolute Gasteiger partial charge is 0.392 e. The maximum atomic E-state index is 15.5. The summed E-state index contributed by atoms with van der Waals surface area (Å²) >= 11 is 0. The Hall–Kier alpha value is -1.83. The van der Waals surface area contributed by atoms with Crippen LogP contribution >= 0.6 is 0 Å². The van der Waals surface area contributed by atoms with Crippen LogP contribution in [0.2, 0.25) is 0 Å². The molecule has 7 fully saturated rings. The van der Waals surface area contributed by atoms with Gasteiger partial charge in [0.15, 0.2) is 5.78 Å². The van der Waals surface area contributed by atoms with Crippen molar-refractivity contribution >= 4 is 5.78 Å². The topological polar surface area (TPSA) is 198 Å². The monoisotopic (exact) mass is 878 g/mol. The number of nitrogens with one attached hydrogen (secondary N) is 2. The summed E-state index contributed by atoms with van der Waals surface area (Å²) in [6.07, 6.45) is 21.3. The van der Waals surface area contributed by atoms with E-state index in [4.69, 9.17) is 10.5 Å². The molecule has 10 N–H and O–H groups in total. The van der Waals surface area contributed by atoms with Crippen LogP contribution in [0.1, 0.15) is 168 Å². The molecule has 1 saturated heterocycles. The van der Waals surface area contributed by atoms with Gasteiger partial charge >= 0.3 is 0 Å². The smallest absolute Gasteiger partial charge is 0.182 e. The number of hydrogen-bond acceptors (Lipinski definition) is 11. The highest BCUT2D eigenvalue weighted by Gasteiger charge is 2.76. The van der Waals surface area contributed by atoms with Gasteiger partial charge in [0.25, 0.3) is 0 Å². The summed E-state index contributed by atoms with van der Waals surface area (Å²) in [7, 11) is 0. The lowest BCUT2D eigenvalue weighted by Crippen LogP contribution is -2.71. The molecule has 354 valence electrons. The molecule has 0 radical (unpaired) electrons. The van der Waals surface area contributed by atoms with Crippen LogP contribution in [0, 0.1) is 52.3 Å². The molecule has 11 nitrogen and oxygen atoms in total. The number of nitrogens with two attached hydrogens (primary N) is 1. The second-order valence-electron chi connectivity index (χ2n) is 23.0. The molecular weight excluding hydrogens is 795 g/mol. The number of ether oxygens (including phenoxy) is 1. The normalized spacial score (nSPS) is 46.8. The third-order valence-electron chi connectivity index (χ3n) is 19.9. The molecule has 7 aliphatic carbocycles. The van der Waals surface area contributed by atoms with Gasteiger partial charge in [-0.05, 0) is 168 Å². The molecule has 0 spiro atoms. The molecule has 9 aliphatic rings. The Kier molecular flexibility index (Phi) is 13.0. The van der Waals surface area contributed by atoms with E-state index < -0.39 is 63.9 Å². The maximum Gasteiger partial charge on any atom is 0.182 e. The molecule has 6 saturated carbocycles. The number of dihydropyridines is 1. The Morgan fingerprint density at radius 2 is 1.70 bits per heavy atom. The van der Waals surface area contributed by atoms with Crippen molar-refractivity contribution in [2.75, 3.05) is 6.54 Å². The third kappa shape index (κ3) is 7.46. The molecule has 2 heterocycles. The minimum Gasteiger partial charge on any atom is -0.392 e. The minimum absolute atomic E-state index is 0.0633. The van der Waals surface area contributed by atoms with Crippen LogP contribution in [0.3, 0.4) is 0 Å². The first kappa shape index (κ1) is 46.3. The van der Waals surface area contributed by atoms with Crippen molar-refractivity contribution < 1.29 is 40.2 Å². The second kappa shape index (κ2) is 17.7. The van der Waals surface area contributed by atoms with Crippen LogP contribution in [0.15, 0.2) is 35.2 Å². The lowest BCUT2D eigenvalue weighted by molar-refractivity contribution is -0.263. The molecule has 0 bridgehead atoms. The zero-order chi connectivity index (χ0) is 44.5. The lowest BCUT2D eigenvalue weighted by atomic mass is 9.40. The minimum atomic E-state index is -1.60. The van der Waals surface area contributed by atoms with Crippen LogP contribution in [0.25, 0.3) is 0 Å². The number of hydrogen-bond donors (Lipinski definition) is 9. The van der Waals surface area contributed by atoms with E-state index in [1.54, 1.807) is 6.92 Å².